The van der Waals surface area contributed by atoms with Crippen LogP contribution in [0, 0.1) is 13.8 Å². The molecule has 7 heteroatoms. The lowest BCUT2D eigenvalue weighted by atomic mass is 10.1. The second-order valence-electron chi connectivity index (χ2n) is 4.49. The Morgan fingerprint density at radius 1 is 1.10 bits per heavy atom. The first kappa shape index (κ1) is 15.5. The lowest BCUT2D eigenvalue weighted by molar-refractivity contribution is 0.312. The lowest BCUT2D eigenvalue weighted by Gasteiger charge is -2.13. The van der Waals surface area contributed by atoms with Crippen LogP contribution in [0.4, 0.5) is 17.6 Å². The highest BCUT2D eigenvalue weighted by atomic mass is 79.9. The molecule has 1 heterocycles. The number of halogens is 1. The van der Waals surface area contributed by atoms with Gasteiger partial charge in [-0.05, 0) is 44.0 Å². The van der Waals surface area contributed by atoms with Crippen LogP contribution in [-0.2, 0) is 0 Å². The molecule has 6 nitrogen and oxygen atoms in total. The summed E-state index contributed by atoms with van der Waals surface area (Å²) in [5.74, 6) is 0.912. The first-order valence-electron chi connectivity index (χ1n) is 6.64. The molecule has 0 atom stereocenters. The molecular formula is C14H18BrN5O. The van der Waals surface area contributed by atoms with Crippen molar-refractivity contribution in [2.45, 2.75) is 20.8 Å². The minimum absolute atomic E-state index is 0.298. The van der Waals surface area contributed by atoms with E-state index >= 15 is 0 Å². The molecule has 0 amide bonds. The Morgan fingerprint density at radius 3 is 2.29 bits per heavy atom. The maximum absolute atomic E-state index is 5.36. The van der Waals surface area contributed by atoms with E-state index in [1.165, 1.54) is 0 Å². The first-order chi connectivity index (χ1) is 10.0. The van der Waals surface area contributed by atoms with E-state index < -0.39 is 0 Å². The normalized spacial score (nSPS) is 10.3. The van der Waals surface area contributed by atoms with Gasteiger partial charge in [-0.25, -0.2) is 0 Å². The number of aryl methyl sites for hydroxylation is 2. The number of hydrogen-bond donors (Lipinski definition) is 2. The van der Waals surface area contributed by atoms with E-state index in [-0.39, 0.29) is 0 Å². The topological polar surface area (TPSA) is 72.0 Å². The van der Waals surface area contributed by atoms with Gasteiger partial charge in [0.2, 0.25) is 11.9 Å². The number of anilines is 3. The molecule has 1 aromatic heterocycles. The number of nitrogens with zero attached hydrogens (tertiary/aromatic N) is 3. The zero-order valence-electron chi connectivity index (χ0n) is 12.5. The molecule has 0 saturated carbocycles. The van der Waals surface area contributed by atoms with Crippen LogP contribution in [0.2, 0.25) is 0 Å². The molecule has 21 heavy (non-hydrogen) atoms. The van der Waals surface area contributed by atoms with E-state index in [1.54, 1.807) is 7.05 Å². The van der Waals surface area contributed by atoms with Gasteiger partial charge < -0.3 is 15.4 Å². The molecule has 2 rings (SSSR count). The standard InChI is InChI=1S/C14H18BrN5O/c1-5-21-14-19-12(16-4)18-13(20-14)17-11-8(2)6-10(15)7-9(11)3/h6-7H,5H2,1-4H3,(H2,16,17,18,19,20). The van der Waals surface area contributed by atoms with Crippen LogP contribution < -0.4 is 15.4 Å². The number of rotatable bonds is 5. The molecule has 0 unspecified atom stereocenters. The highest BCUT2D eigenvalue weighted by Gasteiger charge is 2.10. The van der Waals surface area contributed by atoms with Crippen molar-refractivity contribution in [3.05, 3.63) is 27.7 Å². The Morgan fingerprint density at radius 2 is 1.71 bits per heavy atom. The molecule has 0 aliphatic rings. The molecule has 0 fully saturated rings. The second-order valence-corrected chi connectivity index (χ2v) is 5.40. The van der Waals surface area contributed by atoms with Crippen LogP contribution in [-0.4, -0.2) is 28.6 Å². The van der Waals surface area contributed by atoms with Crippen LogP contribution in [0.15, 0.2) is 16.6 Å². The molecule has 2 N–H and O–H groups in total. The second kappa shape index (κ2) is 6.71. The largest absolute Gasteiger partial charge is 0.464 e. The van der Waals surface area contributed by atoms with Gasteiger partial charge in [0.15, 0.2) is 0 Å². The van der Waals surface area contributed by atoms with Gasteiger partial charge in [-0.2, -0.15) is 15.0 Å². The Balaban J connectivity index is 2.37. The van der Waals surface area contributed by atoms with Crippen LogP contribution in [0.1, 0.15) is 18.1 Å². The molecule has 112 valence electrons. The zero-order valence-corrected chi connectivity index (χ0v) is 14.1. The van der Waals surface area contributed by atoms with Crippen molar-refractivity contribution in [3.63, 3.8) is 0 Å². The van der Waals surface area contributed by atoms with Gasteiger partial charge in [0, 0.05) is 17.2 Å². The van der Waals surface area contributed by atoms with Crippen LogP contribution in [0.3, 0.4) is 0 Å². The van der Waals surface area contributed by atoms with Crippen molar-refractivity contribution in [1.82, 2.24) is 15.0 Å². The highest BCUT2D eigenvalue weighted by molar-refractivity contribution is 9.10. The summed E-state index contributed by atoms with van der Waals surface area (Å²) in [5.41, 5.74) is 3.19. The zero-order chi connectivity index (χ0) is 15.4. The predicted octanol–water partition coefficient (Wildman–Crippen LogP) is 3.43. The Kier molecular flexibility index (Phi) is 4.95. The maximum atomic E-state index is 5.36. The fraction of sp³-hybridized carbons (Fsp3) is 0.357. The molecule has 0 aliphatic carbocycles. The van der Waals surface area contributed by atoms with Gasteiger partial charge in [0.05, 0.1) is 6.61 Å². The Bertz CT molecular complexity index is 624. The van der Waals surface area contributed by atoms with E-state index in [0.717, 1.165) is 21.3 Å². The van der Waals surface area contributed by atoms with Gasteiger partial charge in [-0.1, -0.05) is 15.9 Å². The summed E-state index contributed by atoms with van der Waals surface area (Å²) in [4.78, 5) is 12.7. The van der Waals surface area contributed by atoms with E-state index in [1.807, 2.05) is 32.9 Å². The smallest absolute Gasteiger partial charge is 0.323 e. The minimum atomic E-state index is 0.298. The van der Waals surface area contributed by atoms with Crippen molar-refractivity contribution in [2.24, 2.45) is 0 Å². The monoisotopic (exact) mass is 351 g/mol. The summed E-state index contributed by atoms with van der Waals surface area (Å²) in [7, 11) is 1.75. The van der Waals surface area contributed by atoms with Crippen LogP contribution >= 0.6 is 15.9 Å². The van der Waals surface area contributed by atoms with E-state index in [9.17, 15) is 0 Å². The summed E-state index contributed by atoms with van der Waals surface area (Å²) in [6.45, 7) is 6.45. The first-order valence-corrected chi connectivity index (χ1v) is 7.43. The molecule has 2 aromatic rings. The van der Waals surface area contributed by atoms with Gasteiger partial charge in [-0.15, -0.1) is 0 Å². The summed E-state index contributed by atoms with van der Waals surface area (Å²) in [5, 5.41) is 6.14. The number of aromatic nitrogens is 3. The average Bonchev–Trinajstić information content (AvgIpc) is 2.43. The molecule has 0 radical (unpaired) electrons. The minimum Gasteiger partial charge on any atom is -0.464 e. The fourth-order valence-electron chi connectivity index (χ4n) is 1.94. The highest BCUT2D eigenvalue weighted by Crippen LogP contribution is 2.27. The number of benzene rings is 1. The van der Waals surface area contributed by atoms with Crippen molar-refractivity contribution in [1.29, 1.82) is 0 Å². The molecular weight excluding hydrogens is 334 g/mol. The molecule has 1 aromatic carbocycles. The molecule has 0 saturated heterocycles. The number of nitrogens with one attached hydrogen (secondary N) is 2. The fourth-order valence-corrected chi connectivity index (χ4v) is 2.62. The molecule has 0 spiro atoms. The van der Waals surface area contributed by atoms with Gasteiger partial charge >= 0.3 is 6.01 Å². The summed E-state index contributed by atoms with van der Waals surface area (Å²) >= 11 is 3.49. The van der Waals surface area contributed by atoms with Crippen molar-refractivity contribution in [3.8, 4) is 6.01 Å². The third-order valence-corrected chi connectivity index (χ3v) is 3.30. The third kappa shape index (κ3) is 3.81. The maximum Gasteiger partial charge on any atom is 0.323 e. The van der Waals surface area contributed by atoms with E-state index in [4.69, 9.17) is 4.74 Å². The third-order valence-electron chi connectivity index (χ3n) is 2.85. The number of ether oxygens (including phenoxy) is 1. The summed E-state index contributed by atoms with van der Waals surface area (Å²) < 4.78 is 6.40. The Hall–Kier alpha value is -1.89. The predicted molar refractivity (Wildman–Crippen MR) is 87.4 cm³/mol. The average molecular weight is 352 g/mol. The molecule has 0 bridgehead atoms. The quantitative estimate of drug-likeness (QED) is 0.859. The van der Waals surface area contributed by atoms with Crippen LogP contribution in [0.5, 0.6) is 6.01 Å². The number of hydrogen-bond acceptors (Lipinski definition) is 6. The lowest BCUT2D eigenvalue weighted by Crippen LogP contribution is -2.08. The molecule has 0 aliphatic heterocycles. The van der Waals surface area contributed by atoms with Crippen molar-refractivity contribution < 1.29 is 4.74 Å². The summed E-state index contributed by atoms with van der Waals surface area (Å²) in [6.07, 6.45) is 0. The van der Waals surface area contributed by atoms with Crippen molar-refractivity contribution in [2.75, 3.05) is 24.3 Å². The van der Waals surface area contributed by atoms with E-state index in [2.05, 4.69) is 41.5 Å². The van der Waals surface area contributed by atoms with E-state index in [0.29, 0.717) is 24.5 Å². The van der Waals surface area contributed by atoms with Crippen molar-refractivity contribution >= 4 is 33.5 Å². The van der Waals surface area contributed by atoms with Gasteiger partial charge in [0.1, 0.15) is 0 Å². The Labute approximate surface area is 132 Å². The summed E-state index contributed by atoms with van der Waals surface area (Å²) in [6, 6.07) is 4.38. The van der Waals surface area contributed by atoms with Gasteiger partial charge in [0.25, 0.3) is 0 Å². The van der Waals surface area contributed by atoms with Crippen LogP contribution in [0.25, 0.3) is 0 Å². The van der Waals surface area contributed by atoms with Gasteiger partial charge in [-0.3, -0.25) is 0 Å². The SMILES string of the molecule is CCOc1nc(NC)nc(Nc2c(C)cc(Br)cc2C)n1.